The number of aliphatic hydroxyl groups excluding tert-OH is 1. The maximum absolute atomic E-state index is 9.54. The molecule has 0 aliphatic carbocycles. The monoisotopic (exact) mass is 280 g/mol. The molecule has 1 heterocycles. The van der Waals surface area contributed by atoms with Gasteiger partial charge in [0.05, 0.1) is 6.61 Å². The topological polar surface area (TPSA) is 48.0 Å². The zero-order valence-corrected chi connectivity index (χ0v) is 11.9. The van der Waals surface area contributed by atoms with Gasteiger partial charge in [0.2, 0.25) is 0 Å². The lowest BCUT2D eigenvalue weighted by Crippen LogP contribution is -2.34. The van der Waals surface area contributed by atoms with Gasteiger partial charge in [-0.1, -0.05) is 36.4 Å². The minimum atomic E-state index is 0.0781. The Bertz CT molecular complexity index is 691. The van der Waals surface area contributed by atoms with E-state index in [2.05, 4.69) is 46.7 Å². The normalized spacial score (nSPS) is 12.6. The van der Waals surface area contributed by atoms with Crippen LogP contribution in [-0.4, -0.2) is 22.7 Å². The maximum Gasteiger partial charge on any atom is 0.0587 e. The molecule has 0 amide bonds. The average Bonchev–Trinajstić information content (AvgIpc) is 3.00. The van der Waals surface area contributed by atoms with Gasteiger partial charge in [0, 0.05) is 24.3 Å². The van der Waals surface area contributed by atoms with Gasteiger partial charge in [-0.3, -0.25) is 0 Å². The number of nitrogens with one attached hydrogen (secondary N) is 2. The summed E-state index contributed by atoms with van der Waals surface area (Å²) in [6.07, 6.45) is 2.79. The second-order valence-electron chi connectivity index (χ2n) is 5.35. The van der Waals surface area contributed by atoms with Crippen LogP contribution in [0.5, 0.6) is 0 Å². The molecule has 1 atom stereocenters. The van der Waals surface area contributed by atoms with E-state index in [4.69, 9.17) is 0 Å². The summed E-state index contributed by atoms with van der Waals surface area (Å²) in [5.74, 6) is 0. The van der Waals surface area contributed by atoms with Crippen molar-refractivity contribution in [2.75, 3.05) is 6.61 Å². The zero-order chi connectivity index (χ0) is 14.5. The standard InChI is InChI=1S/C18H20N2O/c21-13-17(11-14-4-2-1-3-5-14)20-12-15-6-7-18-16(10-15)8-9-19-18/h1-10,17,19-21H,11-13H2/t17-/m1/s1. The fraction of sp³-hybridized carbons (Fsp3) is 0.222. The van der Waals surface area contributed by atoms with E-state index in [0.717, 1.165) is 18.5 Å². The number of hydrogen-bond donors (Lipinski definition) is 3. The summed E-state index contributed by atoms with van der Waals surface area (Å²) in [4.78, 5) is 3.20. The van der Waals surface area contributed by atoms with Crippen LogP contribution in [-0.2, 0) is 13.0 Å². The van der Waals surface area contributed by atoms with E-state index < -0.39 is 0 Å². The first-order valence-corrected chi connectivity index (χ1v) is 7.29. The van der Waals surface area contributed by atoms with E-state index in [1.807, 2.05) is 24.4 Å². The minimum absolute atomic E-state index is 0.0781. The summed E-state index contributed by atoms with van der Waals surface area (Å²) in [6.45, 7) is 0.903. The van der Waals surface area contributed by atoms with Crippen molar-refractivity contribution in [1.82, 2.24) is 10.3 Å². The van der Waals surface area contributed by atoms with Crippen LogP contribution < -0.4 is 5.32 Å². The SMILES string of the molecule is OC[C@@H](Cc1ccccc1)NCc1ccc2[nH]ccc2c1. The number of aromatic amines is 1. The summed E-state index contributed by atoms with van der Waals surface area (Å²) in [5, 5.41) is 14.2. The number of aromatic nitrogens is 1. The number of aliphatic hydroxyl groups is 1. The van der Waals surface area contributed by atoms with Crippen LogP contribution in [0.2, 0.25) is 0 Å². The molecule has 0 spiro atoms. The molecule has 0 fully saturated rings. The van der Waals surface area contributed by atoms with Crippen molar-refractivity contribution in [3.8, 4) is 0 Å². The Morgan fingerprint density at radius 2 is 1.86 bits per heavy atom. The predicted octanol–water partition coefficient (Wildman–Crippen LogP) is 2.86. The second kappa shape index (κ2) is 6.57. The number of rotatable bonds is 6. The molecule has 0 saturated heterocycles. The molecule has 2 aromatic carbocycles. The summed E-state index contributed by atoms with van der Waals surface area (Å²) < 4.78 is 0. The summed E-state index contributed by atoms with van der Waals surface area (Å²) in [5.41, 5.74) is 3.63. The molecular weight excluding hydrogens is 260 g/mol. The molecule has 0 bridgehead atoms. The molecule has 3 aromatic rings. The van der Waals surface area contributed by atoms with Crippen molar-refractivity contribution in [3.63, 3.8) is 0 Å². The molecule has 108 valence electrons. The van der Waals surface area contributed by atoms with Gasteiger partial charge in [-0.2, -0.15) is 0 Å². The van der Waals surface area contributed by atoms with Crippen LogP contribution in [0.25, 0.3) is 10.9 Å². The van der Waals surface area contributed by atoms with Crippen LogP contribution in [0.3, 0.4) is 0 Å². The lowest BCUT2D eigenvalue weighted by atomic mass is 10.1. The van der Waals surface area contributed by atoms with E-state index in [1.165, 1.54) is 16.5 Å². The molecule has 3 rings (SSSR count). The average molecular weight is 280 g/mol. The van der Waals surface area contributed by atoms with E-state index in [0.29, 0.717) is 0 Å². The van der Waals surface area contributed by atoms with E-state index in [-0.39, 0.29) is 12.6 Å². The Morgan fingerprint density at radius 3 is 2.67 bits per heavy atom. The lowest BCUT2D eigenvalue weighted by Gasteiger charge is -2.16. The number of fused-ring (bicyclic) bond motifs is 1. The van der Waals surface area contributed by atoms with Gasteiger partial charge >= 0.3 is 0 Å². The summed E-state index contributed by atoms with van der Waals surface area (Å²) >= 11 is 0. The second-order valence-corrected chi connectivity index (χ2v) is 5.35. The fourth-order valence-corrected chi connectivity index (χ4v) is 2.57. The molecule has 0 unspecified atom stereocenters. The molecule has 0 radical (unpaired) electrons. The molecule has 0 aliphatic rings. The minimum Gasteiger partial charge on any atom is -0.395 e. The van der Waals surface area contributed by atoms with Crippen molar-refractivity contribution in [2.45, 2.75) is 19.0 Å². The molecular formula is C18H20N2O. The molecule has 0 aliphatic heterocycles. The molecule has 3 N–H and O–H groups in total. The quantitative estimate of drug-likeness (QED) is 0.650. The largest absolute Gasteiger partial charge is 0.395 e. The molecule has 3 heteroatoms. The molecule has 0 saturated carbocycles. The van der Waals surface area contributed by atoms with Crippen LogP contribution in [0, 0.1) is 0 Å². The first kappa shape index (κ1) is 13.9. The number of benzene rings is 2. The highest BCUT2D eigenvalue weighted by atomic mass is 16.3. The summed E-state index contributed by atoms with van der Waals surface area (Å²) in [6, 6.07) is 18.8. The molecule has 21 heavy (non-hydrogen) atoms. The van der Waals surface area contributed by atoms with Crippen LogP contribution in [0.15, 0.2) is 60.8 Å². The van der Waals surface area contributed by atoms with Crippen LogP contribution in [0.1, 0.15) is 11.1 Å². The Balaban J connectivity index is 1.61. The number of hydrogen-bond acceptors (Lipinski definition) is 2. The first-order chi connectivity index (χ1) is 10.3. The van der Waals surface area contributed by atoms with Crippen molar-refractivity contribution in [2.24, 2.45) is 0 Å². The highest BCUT2D eigenvalue weighted by molar-refractivity contribution is 5.79. The van der Waals surface area contributed by atoms with Crippen LogP contribution in [0.4, 0.5) is 0 Å². The van der Waals surface area contributed by atoms with Gasteiger partial charge in [-0.05, 0) is 41.1 Å². The van der Waals surface area contributed by atoms with E-state index >= 15 is 0 Å². The van der Waals surface area contributed by atoms with Crippen LogP contribution >= 0.6 is 0 Å². The van der Waals surface area contributed by atoms with Crippen molar-refractivity contribution in [1.29, 1.82) is 0 Å². The van der Waals surface area contributed by atoms with Gasteiger partial charge in [-0.15, -0.1) is 0 Å². The first-order valence-electron chi connectivity index (χ1n) is 7.29. The fourth-order valence-electron chi connectivity index (χ4n) is 2.57. The highest BCUT2D eigenvalue weighted by Gasteiger charge is 2.08. The van der Waals surface area contributed by atoms with Crippen molar-refractivity contribution in [3.05, 3.63) is 71.9 Å². The Hall–Kier alpha value is -2.10. The Morgan fingerprint density at radius 1 is 1.00 bits per heavy atom. The molecule has 3 nitrogen and oxygen atoms in total. The Labute approximate surface area is 124 Å². The lowest BCUT2D eigenvalue weighted by molar-refractivity contribution is 0.241. The summed E-state index contributed by atoms with van der Waals surface area (Å²) in [7, 11) is 0. The third kappa shape index (κ3) is 3.51. The van der Waals surface area contributed by atoms with Gasteiger partial charge in [-0.25, -0.2) is 0 Å². The third-order valence-electron chi connectivity index (χ3n) is 3.76. The Kier molecular flexibility index (Phi) is 4.34. The van der Waals surface area contributed by atoms with Crippen molar-refractivity contribution < 1.29 is 5.11 Å². The predicted molar refractivity (Wildman–Crippen MR) is 86.2 cm³/mol. The maximum atomic E-state index is 9.54. The van der Waals surface area contributed by atoms with Gasteiger partial charge in [0.25, 0.3) is 0 Å². The number of H-pyrrole nitrogens is 1. The smallest absolute Gasteiger partial charge is 0.0587 e. The third-order valence-corrected chi connectivity index (χ3v) is 3.76. The van der Waals surface area contributed by atoms with Gasteiger partial charge in [0.15, 0.2) is 0 Å². The molecule has 1 aromatic heterocycles. The van der Waals surface area contributed by atoms with E-state index in [9.17, 15) is 5.11 Å². The van der Waals surface area contributed by atoms with Gasteiger partial charge in [0.1, 0.15) is 0 Å². The highest BCUT2D eigenvalue weighted by Crippen LogP contribution is 2.14. The van der Waals surface area contributed by atoms with E-state index in [1.54, 1.807) is 0 Å². The van der Waals surface area contributed by atoms with Crippen molar-refractivity contribution >= 4 is 10.9 Å². The zero-order valence-electron chi connectivity index (χ0n) is 11.9. The van der Waals surface area contributed by atoms with Gasteiger partial charge < -0.3 is 15.4 Å².